The predicted octanol–water partition coefficient (Wildman–Crippen LogP) is 2.03. The molecule has 0 bridgehead atoms. The molecule has 0 saturated carbocycles. The summed E-state index contributed by atoms with van der Waals surface area (Å²) in [5, 5.41) is 0. The molecule has 1 amide bonds. The van der Waals surface area contributed by atoms with Crippen LogP contribution in [0.1, 0.15) is 22.8 Å². The second-order valence-electron chi connectivity index (χ2n) is 6.31. The summed E-state index contributed by atoms with van der Waals surface area (Å²) in [7, 11) is -3.70. The van der Waals surface area contributed by atoms with E-state index in [9.17, 15) is 13.2 Å². The van der Waals surface area contributed by atoms with Crippen molar-refractivity contribution in [1.29, 1.82) is 0 Å². The molecule has 1 N–H and O–H groups in total. The van der Waals surface area contributed by atoms with Gasteiger partial charge in [-0.2, -0.15) is 4.72 Å². The standard InChI is InChI=1S/C21H22N2O5S/c1-3-12-22-29(25,26)18-10-8-16(9-11-18)21(24)23(4-2)15-17-6-5-7-19-20(17)28-14-13-27-19/h1,5-11,22H,4,12-15H2,2H3. The Morgan fingerprint density at radius 1 is 1.17 bits per heavy atom. The van der Waals surface area contributed by atoms with Crippen molar-refractivity contribution in [3.8, 4) is 23.8 Å². The third-order valence-electron chi connectivity index (χ3n) is 4.45. The fourth-order valence-electron chi connectivity index (χ4n) is 2.97. The lowest BCUT2D eigenvalue weighted by Gasteiger charge is -2.25. The molecule has 3 rings (SSSR count). The van der Waals surface area contributed by atoms with Gasteiger partial charge in [-0.3, -0.25) is 4.79 Å². The molecule has 1 aliphatic heterocycles. The van der Waals surface area contributed by atoms with Crippen LogP contribution in [-0.4, -0.2) is 45.5 Å². The molecule has 0 saturated heterocycles. The molecule has 0 aromatic heterocycles. The highest BCUT2D eigenvalue weighted by atomic mass is 32.2. The van der Waals surface area contributed by atoms with Gasteiger partial charge in [0.2, 0.25) is 10.0 Å². The SMILES string of the molecule is C#CCNS(=O)(=O)c1ccc(C(=O)N(CC)Cc2cccc3c2OCCO3)cc1. The molecule has 0 fully saturated rings. The van der Waals surface area contributed by atoms with E-state index < -0.39 is 10.0 Å². The van der Waals surface area contributed by atoms with Crippen LogP contribution in [-0.2, 0) is 16.6 Å². The largest absolute Gasteiger partial charge is 0.486 e. The van der Waals surface area contributed by atoms with Gasteiger partial charge in [-0.05, 0) is 37.3 Å². The first-order valence-corrected chi connectivity index (χ1v) is 10.6. The summed E-state index contributed by atoms with van der Waals surface area (Å²) < 4.78 is 37.8. The Bertz CT molecular complexity index is 1030. The van der Waals surface area contributed by atoms with Gasteiger partial charge in [-0.1, -0.05) is 18.1 Å². The van der Waals surface area contributed by atoms with Crippen molar-refractivity contribution < 1.29 is 22.7 Å². The Kier molecular flexibility index (Phi) is 6.42. The van der Waals surface area contributed by atoms with Crippen molar-refractivity contribution in [2.75, 3.05) is 26.3 Å². The lowest BCUT2D eigenvalue weighted by Crippen LogP contribution is -2.31. The van der Waals surface area contributed by atoms with E-state index in [1.807, 2.05) is 25.1 Å². The van der Waals surface area contributed by atoms with E-state index in [0.717, 1.165) is 5.56 Å². The highest BCUT2D eigenvalue weighted by Gasteiger charge is 2.21. The summed E-state index contributed by atoms with van der Waals surface area (Å²) in [5.74, 6) is 3.34. The smallest absolute Gasteiger partial charge is 0.254 e. The number of carbonyl (C=O) groups excluding carboxylic acids is 1. The molecule has 152 valence electrons. The van der Waals surface area contributed by atoms with Gasteiger partial charge in [0, 0.05) is 24.2 Å². The van der Waals surface area contributed by atoms with Crippen molar-refractivity contribution in [1.82, 2.24) is 9.62 Å². The van der Waals surface area contributed by atoms with Gasteiger partial charge >= 0.3 is 0 Å². The first-order chi connectivity index (χ1) is 14.0. The Balaban J connectivity index is 1.77. The maximum atomic E-state index is 12.9. The number of hydrogen-bond acceptors (Lipinski definition) is 5. The summed E-state index contributed by atoms with van der Waals surface area (Å²) in [6.45, 7) is 3.58. The zero-order chi connectivity index (χ0) is 20.9. The number of fused-ring (bicyclic) bond motifs is 1. The minimum Gasteiger partial charge on any atom is -0.486 e. The number of nitrogens with zero attached hydrogens (tertiary/aromatic N) is 1. The number of amides is 1. The Morgan fingerprint density at radius 3 is 2.59 bits per heavy atom. The zero-order valence-corrected chi connectivity index (χ0v) is 16.9. The summed E-state index contributed by atoms with van der Waals surface area (Å²) in [6, 6.07) is 11.4. The fraction of sp³-hybridized carbons (Fsp3) is 0.286. The highest BCUT2D eigenvalue weighted by Crippen LogP contribution is 2.34. The van der Waals surface area contributed by atoms with Gasteiger partial charge in [0.15, 0.2) is 11.5 Å². The highest BCUT2D eigenvalue weighted by molar-refractivity contribution is 7.89. The molecular weight excluding hydrogens is 392 g/mol. The van der Waals surface area contributed by atoms with Gasteiger partial charge in [-0.25, -0.2) is 8.42 Å². The first kappa shape index (κ1) is 20.7. The van der Waals surface area contributed by atoms with Gasteiger partial charge < -0.3 is 14.4 Å². The number of hydrogen-bond donors (Lipinski definition) is 1. The second kappa shape index (κ2) is 8.99. The first-order valence-electron chi connectivity index (χ1n) is 9.16. The average Bonchev–Trinajstić information content (AvgIpc) is 2.75. The third-order valence-corrected chi connectivity index (χ3v) is 5.87. The molecule has 7 nitrogen and oxygen atoms in total. The number of terminal acetylenes is 1. The minimum atomic E-state index is -3.70. The normalized spacial score (nSPS) is 12.8. The van der Waals surface area contributed by atoms with Crippen LogP contribution < -0.4 is 14.2 Å². The summed E-state index contributed by atoms with van der Waals surface area (Å²) in [6.07, 6.45) is 5.09. The number of carbonyl (C=O) groups is 1. The molecule has 0 radical (unpaired) electrons. The van der Waals surface area contributed by atoms with Crippen molar-refractivity contribution >= 4 is 15.9 Å². The number of rotatable bonds is 7. The van der Waals surface area contributed by atoms with Crippen molar-refractivity contribution in [3.63, 3.8) is 0 Å². The lowest BCUT2D eigenvalue weighted by molar-refractivity contribution is 0.0749. The predicted molar refractivity (Wildman–Crippen MR) is 108 cm³/mol. The molecule has 8 heteroatoms. The molecule has 1 aliphatic rings. The zero-order valence-electron chi connectivity index (χ0n) is 16.1. The molecule has 0 atom stereocenters. The minimum absolute atomic E-state index is 0.0510. The van der Waals surface area contributed by atoms with Crippen LogP contribution in [0.5, 0.6) is 11.5 Å². The number of sulfonamides is 1. The molecule has 0 aliphatic carbocycles. The van der Waals surface area contributed by atoms with Crippen LogP contribution in [0, 0.1) is 12.3 Å². The van der Waals surface area contributed by atoms with Crippen molar-refractivity contribution in [2.24, 2.45) is 0 Å². The van der Waals surface area contributed by atoms with E-state index in [0.29, 0.717) is 43.4 Å². The van der Waals surface area contributed by atoms with E-state index in [-0.39, 0.29) is 17.3 Å². The van der Waals surface area contributed by atoms with Gasteiger partial charge in [0.1, 0.15) is 13.2 Å². The Morgan fingerprint density at radius 2 is 1.90 bits per heavy atom. The second-order valence-corrected chi connectivity index (χ2v) is 8.08. The van der Waals surface area contributed by atoms with Crippen LogP contribution in [0.25, 0.3) is 0 Å². The molecule has 2 aromatic rings. The van der Waals surface area contributed by atoms with Crippen LogP contribution in [0.2, 0.25) is 0 Å². The van der Waals surface area contributed by atoms with Crippen LogP contribution in [0.3, 0.4) is 0 Å². The molecule has 0 unspecified atom stereocenters. The van der Waals surface area contributed by atoms with Gasteiger partial charge in [0.05, 0.1) is 11.4 Å². The van der Waals surface area contributed by atoms with Crippen molar-refractivity contribution in [2.45, 2.75) is 18.4 Å². The molecule has 29 heavy (non-hydrogen) atoms. The number of nitrogens with one attached hydrogen (secondary N) is 1. The van der Waals surface area contributed by atoms with E-state index in [1.54, 1.807) is 4.90 Å². The Labute approximate surface area is 170 Å². The van der Waals surface area contributed by atoms with E-state index in [1.165, 1.54) is 24.3 Å². The maximum Gasteiger partial charge on any atom is 0.254 e. The molecule has 0 spiro atoms. The third kappa shape index (κ3) is 4.70. The maximum absolute atomic E-state index is 12.9. The molecule has 1 heterocycles. The van der Waals surface area contributed by atoms with Crippen molar-refractivity contribution in [3.05, 3.63) is 53.6 Å². The monoisotopic (exact) mass is 414 g/mol. The average molecular weight is 414 g/mol. The number of benzene rings is 2. The van der Waals surface area contributed by atoms with E-state index in [2.05, 4.69) is 10.6 Å². The van der Waals surface area contributed by atoms with Crippen LogP contribution in [0.15, 0.2) is 47.4 Å². The summed E-state index contributed by atoms with van der Waals surface area (Å²) in [5.41, 5.74) is 1.25. The number of para-hydroxylation sites is 1. The van der Waals surface area contributed by atoms with Gasteiger partial charge in [-0.15, -0.1) is 6.42 Å². The number of ether oxygens (including phenoxy) is 2. The lowest BCUT2D eigenvalue weighted by atomic mass is 10.1. The summed E-state index contributed by atoms with van der Waals surface area (Å²) in [4.78, 5) is 14.7. The molecular formula is C21H22N2O5S. The Hall–Kier alpha value is -3.02. The molecule has 2 aromatic carbocycles. The van der Waals surface area contributed by atoms with Crippen LogP contribution >= 0.6 is 0 Å². The van der Waals surface area contributed by atoms with E-state index in [4.69, 9.17) is 15.9 Å². The van der Waals surface area contributed by atoms with Gasteiger partial charge in [0.25, 0.3) is 5.91 Å². The van der Waals surface area contributed by atoms with Crippen LogP contribution in [0.4, 0.5) is 0 Å². The fourth-order valence-corrected chi connectivity index (χ4v) is 3.91. The topological polar surface area (TPSA) is 84.9 Å². The summed E-state index contributed by atoms with van der Waals surface area (Å²) >= 11 is 0. The van der Waals surface area contributed by atoms with E-state index >= 15 is 0 Å². The quantitative estimate of drug-likeness (QED) is 0.701.